The summed E-state index contributed by atoms with van der Waals surface area (Å²) in [4.78, 5) is 0. The minimum atomic E-state index is -1.64. The Morgan fingerprint density at radius 2 is 2.18 bits per heavy atom. The molecule has 1 aromatic rings. The lowest BCUT2D eigenvalue weighted by molar-refractivity contribution is 0.423. The van der Waals surface area contributed by atoms with Crippen molar-refractivity contribution in [3.63, 3.8) is 0 Å². The molecule has 0 radical (unpaired) electrons. The SMILES string of the molecule is CO[P+](=O)c1cccc(C)c1. The molecule has 1 atom stereocenters. The van der Waals surface area contributed by atoms with E-state index in [1.165, 1.54) is 7.11 Å². The van der Waals surface area contributed by atoms with Gasteiger partial charge in [-0.1, -0.05) is 12.1 Å². The van der Waals surface area contributed by atoms with Crippen LogP contribution in [-0.4, -0.2) is 7.11 Å². The van der Waals surface area contributed by atoms with Gasteiger partial charge in [-0.05, 0) is 29.2 Å². The fourth-order valence-corrected chi connectivity index (χ4v) is 1.57. The molecule has 0 aliphatic rings. The van der Waals surface area contributed by atoms with Crippen LogP contribution in [0.3, 0.4) is 0 Å². The molecule has 1 aromatic carbocycles. The molecule has 0 amide bonds. The zero-order valence-corrected chi connectivity index (χ0v) is 7.47. The maximum absolute atomic E-state index is 11.1. The van der Waals surface area contributed by atoms with Gasteiger partial charge in [-0.25, -0.2) is 0 Å². The Morgan fingerprint density at radius 1 is 1.45 bits per heavy atom. The van der Waals surface area contributed by atoms with Gasteiger partial charge in [-0.15, -0.1) is 4.52 Å². The molecule has 0 aromatic heterocycles. The van der Waals surface area contributed by atoms with Crippen LogP contribution in [-0.2, 0) is 9.09 Å². The van der Waals surface area contributed by atoms with Gasteiger partial charge in [0.15, 0.2) is 0 Å². The summed E-state index contributed by atoms with van der Waals surface area (Å²) in [6, 6.07) is 7.50. The summed E-state index contributed by atoms with van der Waals surface area (Å²) in [5, 5.41) is 0.752. The Labute approximate surface area is 67.1 Å². The zero-order chi connectivity index (χ0) is 8.27. The van der Waals surface area contributed by atoms with Crippen LogP contribution in [0, 0.1) is 6.92 Å². The lowest BCUT2D eigenvalue weighted by Gasteiger charge is -1.87. The lowest BCUT2D eigenvalue weighted by Crippen LogP contribution is -1.96. The van der Waals surface area contributed by atoms with Crippen LogP contribution in [0.4, 0.5) is 0 Å². The second kappa shape index (κ2) is 3.61. The Bertz CT molecular complexity index is 271. The van der Waals surface area contributed by atoms with Gasteiger partial charge in [0.2, 0.25) is 5.30 Å². The van der Waals surface area contributed by atoms with Gasteiger partial charge in [-0.3, -0.25) is 0 Å². The third-order valence-electron chi connectivity index (χ3n) is 1.38. The molecule has 0 aliphatic carbocycles. The molecular formula is C8H10O2P+. The number of rotatable bonds is 2. The summed E-state index contributed by atoms with van der Waals surface area (Å²) >= 11 is 0. The van der Waals surface area contributed by atoms with Crippen molar-refractivity contribution in [3.8, 4) is 0 Å². The van der Waals surface area contributed by atoms with Crippen LogP contribution in [0.2, 0.25) is 0 Å². The van der Waals surface area contributed by atoms with E-state index in [4.69, 9.17) is 4.52 Å². The molecule has 11 heavy (non-hydrogen) atoms. The minimum Gasteiger partial charge on any atom is -0.145 e. The fraction of sp³-hybridized carbons (Fsp3) is 0.250. The Hall–Kier alpha value is -0.720. The highest BCUT2D eigenvalue weighted by atomic mass is 31.1. The van der Waals surface area contributed by atoms with Gasteiger partial charge in [0.05, 0.1) is 7.11 Å². The van der Waals surface area contributed by atoms with Crippen LogP contribution in [0.1, 0.15) is 5.56 Å². The van der Waals surface area contributed by atoms with E-state index >= 15 is 0 Å². The van der Waals surface area contributed by atoms with Crippen molar-refractivity contribution in [2.75, 3.05) is 7.11 Å². The third-order valence-corrected chi connectivity index (χ3v) is 2.41. The van der Waals surface area contributed by atoms with Gasteiger partial charge in [0.25, 0.3) is 0 Å². The molecule has 58 valence electrons. The van der Waals surface area contributed by atoms with E-state index < -0.39 is 8.03 Å². The monoisotopic (exact) mass is 169 g/mol. The van der Waals surface area contributed by atoms with Crippen LogP contribution < -0.4 is 5.30 Å². The van der Waals surface area contributed by atoms with Crippen molar-refractivity contribution in [2.24, 2.45) is 0 Å². The quantitative estimate of drug-likeness (QED) is 0.633. The summed E-state index contributed by atoms with van der Waals surface area (Å²) in [6.07, 6.45) is 0. The molecule has 0 heterocycles. The predicted octanol–water partition coefficient (Wildman–Crippen LogP) is 2.01. The van der Waals surface area contributed by atoms with E-state index in [1.807, 2.05) is 25.1 Å². The maximum atomic E-state index is 11.1. The molecule has 1 rings (SSSR count). The topological polar surface area (TPSA) is 26.3 Å². The fourth-order valence-electron chi connectivity index (χ4n) is 0.847. The van der Waals surface area contributed by atoms with E-state index in [0.717, 1.165) is 10.9 Å². The highest BCUT2D eigenvalue weighted by Crippen LogP contribution is 2.19. The number of benzene rings is 1. The number of aryl methyl sites for hydroxylation is 1. The molecule has 0 saturated carbocycles. The van der Waals surface area contributed by atoms with Crippen LogP contribution in [0.5, 0.6) is 0 Å². The molecule has 3 heteroatoms. The second-order valence-electron chi connectivity index (χ2n) is 2.28. The molecule has 0 bridgehead atoms. The highest BCUT2D eigenvalue weighted by molar-refractivity contribution is 7.48. The van der Waals surface area contributed by atoms with Crippen molar-refractivity contribution in [3.05, 3.63) is 29.8 Å². The van der Waals surface area contributed by atoms with Crippen molar-refractivity contribution >= 4 is 13.3 Å². The molecule has 2 nitrogen and oxygen atoms in total. The van der Waals surface area contributed by atoms with E-state index in [9.17, 15) is 4.57 Å². The number of hydrogen-bond acceptors (Lipinski definition) is 2. The summed E-state index contributed by atoms with van der Waals surface area (Å²) < 4.78 is 15.8. The smallest absolute Gasteiger partial charge is 0.145 e. The van der Waals surface area contributed by atoms with E-state index in [1.54, 1.807) is 6.07 Å². The van der Waals surface area contributed by atoms with Crippen LogP contribution in [0.25, 0.3) is 0 Å². The molecule has 0 saturated heterocycles. The summed E-state index contributed by atoms with van der Waals surface area (Å²) in [7, 11) is -0.194. The molecule has 0 spiro atoms. The third kappa shape index (κ3) is 2.11. The highest BCUT2D eigenvalue weighted by Gasteiger charge is 2.18. The normalized spacial score (nSPS) is 11.3. The van der Waals surface area contributed by atoms with Crippen LogP contribution in [0.15, 0.2) is 24.3 Å². The van der Waals surface area contributed by atoms with Gasteiger partial charge in [0, 0.05) is 0 Å². The van der Waals surface area contributed by atoms with Crippen molar-refractivity contribution in [1.29, 1.82) is 0 Å². The predicted molar refractivity (Wildman–Crippen MR) is 45.4 cm³/mol. The Kier molecular flexibility index (Phi) is 2.75. The van der Waals surface area contributed by atoms with Crippen molar-refractivity contribution in [2.45, 2.75) is 6.92 Å². The zero-order valence-electron chi connectivity index (χ0n) is 6.57. The second-order valence-corrected chi connectivity index (χ2v) is 3.67. The lowest BCUT2D eigenvalue weighted by atomic mass is 10.2. The molecule has 0 fully saturated rings. The van der Waals surface area contributed by atoms with E-state index in [0.29, 0.717) is 0 Å². The van der Waals surface area contributed by atoms with E-state index in [-0.39, 0.29) is 0 Å². The Balaban J connectivity index is 2.96. The standard InChI is InChI=1S/C8H10O2P/c1-7-4-3-5-8(6-7)11(9)10-2/h3-6H,1-2H3/q+1. The summed E-state index contributed by atoms with van der Waals surface area (Å²) in [5.41, 5.74) is 1.10. The molecule has 0 N–H and O–H groups in total. The number of hydrogen-bond donors (Lipinski definition) is 0. The first kappa shape index (κ1) is 8.38. The minimum absolute atomic E-state index is 0.752. The van der Waals surface area contributed by atoms with Gasteiger partial charge in [0.1, 0.15) is 0 Å². The summed E-state index contributed by atoms with van der Waals surface area (Å²) in [6.45, 7) is 1.96. The largest absolute Gasteiger partial charge is 0.548 e. The maximum Gasteiger partial charge on any atom is 0.548 e. The Morgan fingerprint density at radius 3 is 2.73 bits per heavy atom. The first-order chi connectivity index (χ1) is 5.24. The first-order valence-electron chi connectivity index (χ1n) is 3.32. The average molecular weight is 169 g/mol. The van der Waals surface area contributed by atoms with Gasteiger partial charge in [-0.2, -0.15) is 0 Å². The average Bonchev–Trinajstić information content (AvgIpc) is 2.03. The molecular weight excluding hydrogens is 159 g/mol. The van der Waals surface area contributed by atoms with Crippen molar-refractivity contribution in [1.82, 2.24) is 0 Å². The molecule has 1 unspecified atom stereocenters. The van der Waals surface area contributed by atoms with Gasteiger partial charge >= 0.3 is 8.03 Å². The van der Waals surface area contributed by atoms with E-state index in [2.05, 4.69) is 0 Å². The van der Waals surface area contributed by atoms with Gasteiger partial charge < -0.3 is 0 Å². The molecule has 0 aliphatic heterocycles. The first-order valence-corrected chi connectivity index (χ1v) is 4.50. The van der Waals surface area contributed by atoms with Crippen molar-refractivity contribution < 1.29 is 9.09 Å². The summed E-state index contributed by atoms with van der Waals surface area (Å²) in [5.74, 6) is 0. The van der Waals surface area contributed by atoms with Crippen LogP contribution >= 0.6 is 8.03 Å².